The van der Waals surface area contributed by atoms with Gasteiger partial charge in [0.2, 0.25) is 5.91 Å². The number of amides is 1. The number of carbonyl (C=O) groups excluding carboxylic acids is 1. The van der Waals surface area contributed by atoms with E-state index in [-0.39, 0.29) is 0 Å². The maximum absolute atomic E-state index is 11.7. The number of hydrogen-bond acceptors (Lipinski definition) is 2. The maximum Gasteiger partial charge on any atom is 0.222 e. The Morgan fingerprint density at radius 1 is 1.20 bits per heavy atom. The van der Waals surface area contributed by atoms with E-state index < -0.39 is 0 Å². The van der Waals surface area contributed by atoms with Gasteiger partial charge in [0.15, 0.2) is 0 Å². The summed E-state index contributed by atoms with van der Waals surface area (Å²) < 4.78 is 0. The molecule has 3 heteroatoms. The Labute approximate surface area is 92.0 Å². The molecule has 1 saturated heterocycles. The molecule has 1 atom stereocenters. The Balaban J connectivity index is 1.88. The smallest absolute Gasteiger partial charge is 0.222 e. The highest BCUT2D eigenvalue weighted by Gasteiger charge is 2.31. The lowest BCUT2D eigenvalue weighted by Crippen LogP contribution is -2.41. The van der Waals surface area contributed by atoms with E-state index in [1.54, 1.807) is 0 Å². The first-order valence-corrected chi connectivity index (χ1v) is 6.31. The fourth-order valence-corrected chi connectivity index (χ4v) is 2.94. The summed E-state index contributed by atoms with van der Waals surface area (Å²) >= 11 is 0. The van der Waals surface area contributed by atoms with Crippen molar-refractivity contribution in [3.05, 3.63) is 0 Å². The predicted octanol–water partition coefficient (Wildman–Crippen LogP) is 1.52. The van der Waals surface area contributed by atoms with Crippen molar-refractivity contribution in [2.24, 2.45) is 11.7 Å². The molecule has 3 nitrogen and oxygen atoms in total. The summed E-state index contributed by atoms with van der Waals surface area (Å²) in [5.74, 6) is 1.07. The quantitative estimate of drug-likeness (QED) is 0.767. The van der Waals surface area contributed by atoms with Crippen molar-refractivity contribution >= 4 is 5.91 Å². The molecule has 1 aliphatic carbocycles. The molecule has 2 fully saturated rings. The van der Waals surface area contributed by atoms with Crippen LogP contribution in [0.25, 0.3) is 0 Å². The number of nitrogens with two attached hydrogens (primary N) is 1. The van der Waals surface area contributed by atoms with E-state index >= 15 is 0 Å². The lowest BCUT2D eigenvalue weighted by atomic mass is 9.89. The molecular formula is C12H22N2O. The summed E-state index contributed by atoms with van der Waals surface area (Å²) in [5, 5.41) is 0. The van der Waals surface area contributed by atoms with Gasteiger partial charge in [-0.3, -0.25) is 4.79 Å². The van der Waals surface area contributed by atoms with Crippen LogP contribution in [0.4, 0.5) is 0 Å². The van der Waals surface area contributed by atoms with Gasteiger partial charge in [-0.2, -0.15) is 0 Å². The normalized spacial score (nSPS) is 28.7. The zero-order chi connectivity index (χ0) is 10.7. The molecule has 2 N–H and O–H groups in total. The van der Waals surface area contributed by atoms with Gasteiger partial charge >= 0.3 is 0 Å². The van der Waals surface area contributed by atoms with Gasteiger partial charge in [-0.05, 0) is 25.2 Å². The molecule has 2 rings (SSSR count). The Morgan fingerprint density at radius 3 is 2.60 bits per heavy atom. The summed E-state index contributed by atoms with van der Waals surface area (Å²) in [7, 11) is 0. The fraction of sp³-hybridized carbons (Fsp3) is 0.917. The maximum atomic E-state index is 11.7. The minimum absolute atomic E-state index is 0.330. The number of hydrogen-bond donors (Lipinski definition) is 1. The Bertz CT molecular complexity index is 224. The molecular weight excluding hydrogens is 188 g/mol. The lowest BCUT2D eigenvalue weighted by molar-refractivity contribution is -0.129. The first-order valence-electron chi connectivity index (χ1n) is 6.31. The first-order chi connectivity index (χ1) is 7.31. The summed E-state index contributed by atoms with van der Waals surface area (Å²) in [5.41, 5.74) is 5.70. The molecule has 0 bridgehead atoms. The van der Waals surface area contributed by atoms with Crippen LogP contribution in [0.5, 0.6) is 0 Å². The van der Waals surface area contributed by atoms with Crippen LogP contribution in [0.3, 0.4) is 0 Å². The molecule has 1 unspecified atom stereocenters. The molecule has 1 aliphatic heterocycles. The molecule has 0 aromatic carbocycles. The van der Waals surface area contributed by atoms with Gasteiger partial charge in [0.1, 0.15) is 0 Å². The Morgan fingerprint density at radius 2 is 1.93 bits per heavy atom. The second-order valence-electron chi connectivity index (χ2n) is 4.98. The van der Waals surface area contributed by atoms with Crippen molar-refractivity contribution in [3.8, 4) is 0 Å². The molecule has 1 heterocycles. The van der Waals surface area contributed by atoms with E-state index in [1.165, 1.54) is 32.1 Å². The minimum atomic E-state index is 0.330. The van der Waals surface area contributed by atoms with Crippen LogP contribution in [0.15, 0.2) is 0 Å². The molecule has 0 radical (unpaired) electrons. The third-order valence-electron chi connectivity index (χ3n) is 3.90. The van der Waals surface area contributed by atoms with E-state index in [1.807, 2.05) is 0 Å². The van der Waals surface area contributed by atoms with Gasteiger partial charge in [-0.25, -0.2) is 0 Å². The Kier molecular flexibility index (Phi) is 3.62. The number of likely N-dealkylation sites (tertiary alicyclic amines) is 1. The van der Waals surface area contributed by atoms with E-state index in [9.17, 15) is 4.79 Å². The van der Waals surface area contributed by atoms with Gasteiger partial charge in [0.25, 0.3) is 0 Å². The number of carbonyl (C=O) groups is 1. The van der Waals surface area contributed by atoms with Crippen LogP contribution in [-0.2, 0) is 4.79 Å². The monoisotopic (exact) mass is 210 g/mol. The van der Waals surface area contributed by atoms with Crippen molar-refractivity contribution in [3.63, 3.8) is 0 Å². The van der Waals surface area contributed by atoms with Crippen LogP contribution >= 0.6 is 0 Å². The second kappa shape index (κ2) is 4.97. The highest BCUT2D eigenvalue weighted by molar-refractivity contribution is 5.78. The van der Waals surface area contributed by atoms with Crippen LogP contribution in [-0.4, -0.2) is 29.9 Å². The van der Waals surface area contributed by atoms with E-state index in [2.05, 4.69) is 4.90 Å². The van der Waals surface area contributed by atoms with Crippen molar-refractivity contribution in [2.75, 3.05) is 13.1 Å². The zero-order valence-corrected chi connectivity index (χ0v) is 9.45. The summed E-state index contributed by atoms with van der Waals surface area (Å²) in [6.45, 7) is 1.61. The average Bonchev–Trinajstić information content (AvgIpc) is 2.62. The molecule has 1 amide bonds. The lowest BCUT2D eigenvalue weighted by Gasteiger charge is -2.30. The average molecular weight is 210 g/mol. The van der Waals surface area contributed by atoms with E-state index in [0.717, 1.165) is 18.9 Å². The molecule has 2 aliphatic rings. The van der Waals surface area contributed by atoms with E-state index in [0.29, 0.717) is 24.9 Å². The predicted molar refractivity (Wildman–Crippen MR) is 60.4 cm³/mol. The van der Waals surface area contributed by atoms with Crippen LogP contribution in [0, 0.1) is 5.92 Å². The minimum Gasteiger partial charge on any atom is -0.338 e. The number of nitrogens with zero attached hydrogens (tertiary/aromatic N) is 1. The summed E-state index contributed by atoms with van der Waals surface area (Å²) in [6, 6.07) is 0.333. The van der Waals surface area contributed by atoms with Gasteiger partial charge < -0.3 is 10.6 Å². The van der Waals surface area contributed by atoms with Gasteiger partial charge in [0.05, 0.1) is 0 Å². The molecule has 15 heavy (non-hydrogen) atoms. The van der Waals surface area contributed by atoms with Crippen molar-refractivity contribution < 1.29 is 4.79 Å². The molecule has 0 spiro atoms. The second-order valence-corrected chi connectivity index (χ2v) is 4.98. The van der Waals surface area contributed by atoms with E-state index in [4.69, 9.17) is 5.73 Å². The standard InChI is InChI=1S/C12H22N2O/c13-8-11-6-7-12(15)14(11)9-10-4-2-1-3-5-10/h10-11H,1-9,13H2. The molecule has 0 aromatic rings. The first kappa shape index (κ1) is 10.9. The highest BCUT2D eigenvalue weighted by atomic mass is 16.2. The summed E-state index contributed by atoms with van der Waals surface area (Å²) in [4.78, 5) is 13.7. The largest absolute Gasteiger partial charge is 0.338 e. The Hall–Kier alpha value is -0.570. The number of rotatable bonds is 3. The topological polar surface area (TPSA) is 46.3 Å². The molecule has 86 valence electrons. The third kappa shape index (κ3) is 2.51. The van der Waals surface area contributed by atoms with Crippen LogP contribution in [0.1, 0.15) is 44.9 Å². The SMILES string of the molecule is NCC1CCC(=O)N1CC1CCCCC1. The summed E-state index contributed by atoms with van der Waals surface area (Å²) in [6.07, 6.45) is 8.38. The molecule has 1 saturated carbocycles. The van der Waals surface area contributed by atoms with Gasteiger partial charge in [0, 0.05) is 25.6 Å². The van der Waals surface area contributed by atoms with Crippen LogP contribution in [0.2, 0.25) is 0 Å². The van der Waals surface area contributed by atoms with Gasteiger partial charge in [-0.15, -0.1) is 0 Å². The zero-order valence-electron chi connectivity index (χ0n) is 9.45. The van der Waals surface area contributed by atoms with Crippen molar-refractivity contribution in [2.45, 2.75) is 51.0 Å². The molecule has 0 aromatic heterocycles. The third-order valence-corrected chi connectivity index (χ3v) is 3.90. The fourth-order valence-electron chi connectivity index (χ4n) is 2.94. The van der Waals surface area contributed by atoms with Crippen molar-refractivity contribution in [1.29, 1.82) is 0 Å². The van der Waals surface area contributed by atoms with Crippen molar-refractivity contribution in [1.82, 2.24) is 4.90 Å². The van der Waals surface area contributed by atoms with Gasteiger partial charge in [-0.1, -0.05) is 19.3 Å². The van der Waals surface area contributed by atoms with Crippen LogP contribution < -0.4 is 5.73 Å². The highest BCUT2D eigenvalue weighted by Crippen LogP contribution is 2.27.